The molecule has 1 aromatic carbocycles. The Kier molecular flexibility index (Phi) is 5.67. The van der Waals surface area contributed by atoms with Crippen LogP contribution in [0.4, 0.5) is 19.0 Å². The van der Waals surface area contributed by atoms with E-state index in [0.29, 0.717) is 17.5 Å². The number of rotatable bonds is 5. The van der Waals surface area contributed by atoms with Crippen molar-refractivity contribution in [2.24, 2.45) is 5.10 Å². The van der Waals surface area contributed by atoms with Crippen molar-refractivity contribution in [1.29, 1.82) is 0 Å². The number of pyridine rings is 1. The van der Waals surface area contributed by atoms with Crippen LogP contribution in [0.3, 0.4) is 0 Å². The molecule has 0 bridgehead atoms. The van der Waals surface area contributed by atoms with Crippen LogP contribution in [-0.4, -0.2) is 37.5 Å². The number of halogens is 3. The summed E-state index contributed by atoms with van der Waals surface area (Å²) in [6.45, 7) is 1.67. The Morgan fingerprint density at radius 3 is 2.19 bits per heavy atom. The number of alkyl halides is 3. The van der Waals surface area contributed by atoms with Gasteiger partial charge in [-0.15, -0.1) is 0 Å². The molecule has 1 N–H and O–H groups in total. The minimum absolute atomic E-state index is 0.149. The minimum atomic E-state index is -4.45. The number of nitrogens with zero attached hydrogens (tertiary/aromatic N) is 3. The van der Waals surface area contributed by atoms with E-state index in [2.05, 4.69) is 15.5 Å². The minimum Gasteiger partial charge on any atom is -0.261 e. The van der Waals surface area contributed by atoms with Gasteiger partial charge in [-0.3, -0.25) is 5.43 Å². The monoisotopic (exact) mass is 386 g/mol. The molecule has 1 heterocycles. The number of aromatic nitrogens is 1. The third-order valence-corrected chi connectivity index (χ3v) is 5.31. The fraction of sp³-hybridized carbons (Fsp3) is 0.250. The number of anilines is 1. The van der Waals surface area contributed by atoms with Gasteiger partial charge in [0, 0.05) is 20.3 Å². The molecule has 10 heteroatoms. The predicted octanol–water partition coefficient (Wildman–Crippen LogP) is 3.19. The molecule has 0 aliphatic rings. The first-order chi connectivity index (χ1) is 12.0. The zero-order valence-electron chi connectivity index (χ0n) is 14.2. The molecule has 6 nitrogen and oxygen atoms in total. The maximum absolute atomic E-state index is 12.5. The largest absolute Gasteiger partial charge is 0.417 e. The molecule has 1 aromatic heterocycles. The molecule has 2 aromatic rings. The lowest BCUT2D eigenvalue weighted by molar-refractivity contribution is -0.137. The summed E-state index contributed by atoms with van der Waals surface area (Å²) in [5.74, 6) is 0.157. The standard InChI is InChI=1S/C16H17F3N4O2S/c1-11(12-4-7-14(8-5-12)26(24,25)23(2)3)21-22-15-9-6-13(10-20-15)16(17,18)19/h4-10H,1-3H3,(H,20,22)/b21-11-. The van der Waals surface area contributed by atoms with Crippen LogP contribution in [0.15, 0.2) is 52.6 Å². The second-order valence-electron chi connectivity index (χ2n) is 5.55. The van der Waals surface area contributed by atoms with E-state index in [1.54, 1.807) is 19.1 Å². The average Bonchev–Trinajstić information content (AvgIpc) is 2.59. The summed E-state index contributed by atoms with van der Waals surface area (Å²) in [6.07, 6.45) is -3.73. The van der Waals surface area contributed by atoms with Gasteiger partial charge in [-0.1, -0.05) is 12.1 Å². The summed E-state index contributed by atoms with van der Waals surface area (Å²) >= 11 is 0. The lowest BCUT2D eigenvalue weighted by atomic mass is 10.1. The molecule has 0 fully saturated rings. The SMILES string of the molecule is C/C(=N/Nc1ccc(C(F)(F)F)cn1)c1ccc(S(=O)(=O)N(C)C)cc1. The van der Waals surface area contributed by atoms with E-state index in [1.807, 2.05) is 0 Å². The van der Waals surface area contributed by atoms with Crippen LogP contribution in [0, 0.1) is 0 Å². The van der Waals surface area contributed by atoms with Gasteiger partial charge in [0.2, 0.25) is 10.0 Å². The molecule has 0 amide bonds. The quantitative estimate of drug-likeness (QED) is 0.633. The Bertz CT molecular complexity index is 891. The fourth-order valence-corrected chi connectivity index (χ4v) is 2.81. The first-order valence-corrected chi connectivity index (χ1v) is 8.82. The summed E-state index contributed by atoms with van der Waals surface area (Å²) in [7, 11) is -0.632. The van der Waals surface area contributed by atoms with Crippen LogP contribution >= 0.6 is 0 Å². The molecule has 0 saturated carbocycles. The van der Waals surface area contributed by atoms with Gasteiger partial charge in [0.15, 0.2) is 0 Å². The van der Waals surface area contributed by atoms with Gasteiger partial charge in [-0.05, 0) is 36.8 Å². The van der Waals surface area contributed by atoms with Gasteiger partial charge < -0.3 is 0 Å². The normalized spacial score (nSPS) is 13.1. The second kappa shape index (κ2) is 7.42. The van der Waals surface area contributed by atoms with Crippen molar-refractivity contribution in [3.8, 4) is 0 Å². The highest BCUT2D eigenvalue weighted by atomic mass is 32.2. The Morgan fingerprint density at radius 2 is 1.73 bits per heavy atom. The maximum Gasteiger partial charge on any atom is 0.417 e. The van der Waals surface area contributed by atoms with E-state index < -0.39 is 21.8 Å². The van der Waals surface area contributed by atoms with Crippen LogP contribution in [0.1, 0.15) is 18.1 Å². The van der Waals surface area contributed by atoms with Crippen molar-refractivity contribution in [2.75, 3.05) is 19.5 Å². The summed E-state index contributed by atoms with van der Waals surface area (Å²) in [5.41, 5.74) is 2.89. The van der Waals surface area contributed by atoms with E-state index in [-0.39, 0.29) is 10.7 Å². The van der Waals surface area contributed by atoms with Crippen LogP contribution in [-0.2, 0) is 16.2 Å². The smallest absolute Gasteiger partial charge is 0.261 e. The third kappa shape index (κ3) is 4.58. The van der Waals surface area contributed by atoms with E-state index >= 15 is 0 Å². The second-order valence-corrected chi connectivity index (χ2v) is 7.70. The van der Waals surface area contributed by atoms with Gasteiger partial charge >= 0.3 is 6.18 Å². The molecule has 0 radical (unpaired) electrons. The van der Waals surface area contributed by atoms with Gasteiger partial charge in [0.25, 0.3) is 0 Å². The van der Waals surface area contributed by atoms with Crippen LogP contribution in [0.25, 0.3) is 0 Å². The molecular weight excluding hydrogens is 369 g/mol. The van der Waals surface area contributed by atoms with Crippen molar-refractivity contribution < 1.29 is 21.6 Å². The first-order valence-electron chi connectivity index (χ1n) is 7.38. The van der Waals surface area contributed by atoms with Crippen molar-refractivity contribution >= 4 is 21.6 Å². The summed E-state index contributed by atoms with van der Waals surface area (Å²) in [6, 6.07) is 8.18. The molecule has 0 spiro atoms. The molecule has 0 aliphatic carbocycles. The summed E-state index contributed by atoms with van der Waals surface area (Å²) < 4.78 is 62.6. The number of nitrogens with one attached hydrogen (secondary N) is 1. The number of benzene rings is 1. The molecule has 0 saturated heterocycles. The van der Waals surface area contributed by atoms with E-state index in [0.717, 1.165) is 10.4 Å². The fourth-order valence-electron chi connectivity index (χ4n) is 1.91. The van der Waals surface area contributed by atoms with Crippen molar-refractivity contribution in [1.82, 2.24) is 9.29 Å². The summed E-state index contributed by atoms with van der Waals surface area (Å²) in [4.78, 5) is 3.80. The average molecular weight is 386 g/mol. The van der Waals surface area contributed by atoms with E-state index in [4.69, 9.17) is 0 Å². The molecule has 2 rings (SSSR count). The van der Waals surface area contributed by atoms with Gasteiger partial charge in [-0.2, -0.15) is 18.3 Å². The first kappa shape index (κ1) is 19.9. The number of sulfonamides is 1. The van der Waals surface area contributed by atoms with Crippen molar-refractivity contribution in [3.63, 3.8) is 0 Å². The van der Waals surface area contributed by atoms with Crippen molar-refractivity contribution in [2.45, 2.75) is 18.0 Å². The number of hydrogen-bond acceptors (Lipinski definition) is 5. The number of hydrogen-bond donors (Lipinski definition) is 1. The van der Waals surface area contributed by atoms with Gasteiger partial charge in [0.05, 0.1) is 16.2 Å². The van der Waals surface area contributed by atoms with Gasteiger partial charge in [0.1, 0.15) is 5.82 Å². The lowest BCUT2D eigenvalue weighted by Crippen LogP contribution is -2.22. The highest BCUT2D eigenvalue weighted by Crippen LogP contribution is 2.28. The van der Waals surface area contributed by atoms with Crippen LogP contribution in [0.5, 0.6) is 0 Å². The Morgan fingerprint density at radius 1 is 1.12 bits per heavy atom. The Balaban J connectivity index is 2.12. The topological polar surface area (TPSA) is 74.7 Å². The zero-order valence-corrected chi connectivity index (χ0v) is 15.1. The van der Waals surface area contributed by atoms with Crippen LogP contribution < -0.4 is 5.43 Å². The van der Waals surface area contributed by atoms with Gasteiger partial charge in [-0.25, -0.2) is 17.7 Å². The van der Waals surface area contributed by atoms with E-state index in [9.17, 15) is 21.6 Å². The molecule has 0 unspecified atom stereocenters. The Labute approximate surface area is 149 Å². The zero-order chi connectivity index (χ0) is 19.5. The highest BCUT2D eigenvalue weighted by molar-refractivity contribution is 7.89. The summed E-state index contributed by atoms with van der Waals surface area (Å²) in [5, 5.41) is 4.05. The van der Waals surface area contributed by atoms with E-state index in [1.165, 1.54) is 32.3 Å². The van der Waals surface area contributed by atoms with Crippen molar-refractivity contribution in [3.05, 3.63) is 53.7 Å². The van der Waals surface area contributed by atoms with Crippen LogP contribution in [0.2, 0.25) is 0 Å². The highest BCUT2D eigenvalue weighted by Gasteiger charge is 2.30. The molecular formula is C16H17F3N4O2S. The third-order valence-electron chi connectivity index (χ3n) is 3.48. The maximum atomic E-state index is 12.5. The lowest BCUT2D eigenvalue weighted by Gasteiger charge is -2.11. The molecule has 0 atom stereocenters. The Hall–Kier alpha value is -2.46. The molecule has 140 valence electrons. The predicted molar refractivity (Wildman–Crippen MR) is 92.4 cm³/mol. The number of hydrazone groups is 1. The molecule has 26 heavy (non-hydrogen) atoms. The molecule has 0 aliphatic heterocycles.